The number of hydrogen-bond acceptors (Lipinski definition) is 2. The van der Waals surface area contributed by atoms with Gasteiger partial charge in [-0.1, -0.05) is 18.2 Å². The van der Waals surface area contributed by atoms with E-state index in [0.717, 1.165) is 12.1 Å². The molecule has 1 N–H and O–H groups in total. The van der Waals surface area contributed by atoms with Crippen molar-refractivity contribution in [2.45, 2.75) is 19.6 Å². The first-order chi connectivity index (χ1) is 11.3. The van der Waals surface area contributed by atoms with Gasteiger partial charge in [0.05, 0.1) is 17.7 Å². The van der Waals surface area contributed by atoms with E-state index in [4.69, 9.17) is 4.74 Å². The zero-order valence-corrected chi connectivity index (χ0v) is 12.8. The largest absolute Gasteiger partial charge is 0.493 e. The Bertz CT molecular complexity index is 729. The predicted molar refractivity (Wildman–Crippen MR) is 80.2 cm³/mol. The maximum atomic E-state index is 13.1. The molecule has 0 heterocycles. The Kier molecular flexibility index (Phi) is 5.43. The van der Waals surface area contributed by atoms with Crippen molar-refractivity contribution in [1.82, 2.24) is 5.32 Å². The van der Waals surface area contributed by atoms with Gasteiger partial charge >= 0.3 is 6.18 Å². The molecular weight excluding hydrogens is 326 g/mol. The molecule has 0 unspecified atom stereocenters. The van der Waals surface area contributed by atoms with E-state index in [0.29, 0.717) is 18.4 Å². The van der Waals surface area contributed by atoms with Gasteiger partial charge in [-0.15, -0.1) is 0 Å². The van der Waals surface area contributed by atoms with Crippen molar-refractivity contribution in [3.05, 3.63) is 65.0 Å². The van der Waals surface area contributed by atoms with E-state index in [1.165, 1.54) is 6.07 Å². The average molecular weight is 341 g/mol. The zero-order chi connectivity index (χ0) is 17.7. The van der Waals surface area contributed by atoms with Crippen LogP contribution >= 0.6 is 0 Å². The van der Waals surface area contributed by atoms with Gasteiger partial charge in [0.2, 0.25) is 0 Å². The van der Waals surface area contributed by atoms with Crippen LogP contribution < -0.4 is 10.1 Å². The summed E-state index contributed by atoms with van der Waals surface area (Å²) in [5.41, 5.74) is -1.11. The second-order valence-corrected chi connectivity index (χ2v) is 4.91. The average Bonchev–Trinajstić information content (AvgIpc) is 2.53. The second-order valence-electron chi connectivity index (χ2n) is 4.91. The van der Waals surface area contributed by atoms with Crippen LogP contribution in [0.1, 0.15) is 28.4 Å². The fourth-order valence-electron chi connectivity index (χ4n) is 2.17. The lowest BCUT2D eigenvalue weighted by Gasteiger charge is -2.14. The summed E-state index contributed by atoms with van der Waals surface area (Å²) < 4.78 is 57.2. The van der Waals surface area contributed by atoms with Crippen LogP contribution in [0.3, 0.4) is 0 Å². The molecule has 24 heavy (non-hydrogen) atoms. The molecular formula is C17H15F4NO2. The number of alkyl halides is 3. The highest BCUT2D eigenvalue weighted by molar-refractivity contribution is 5.96. The first-order valence-electron chi connectivity index (χ1n) is 7.18. The molecule has 0 saturated carbocycles. The van der Waals surface area contributed by atoms with Gasteiger partial charge in [0.25, 0.3) is 5.91 Å². The zero-order valence-electron chi connectivity index (χ0n) is 12.8. The Balaban J connectivity index is 2.19. The van der Waals surface area contributed by atoms with Crippen LogP contribution in [-0.2, 0) is 12.7 Å². The molecule has 0 aliphatic rings. The lowest BCUT2D eigenvalue weighted by molar-refractivity contribution is -0.138. The van der Waals surface area contributed by atoms with Crippen LogP contribution in [-0.4, -0.2) is 12.5 Å². The normalized spacial score (nSPS) is 11.2. The van der Waals surface area contributed by atoms with Crippen molar-refractivity contribution in [3.63, 3.8) is 0 Å². The molecule has 1 amide bonds. The molecule has 0 radical (unpaired) electrons. The van der Waals surface area contributed by atoms with Crippen molar-refractivity contribution in [3.8, 4) is 5.75 Å². The summed E-state index contributed by atoms with van der Waals surface area (Å²) in [4.78, 5) is 12.2. The van der Waals surface area contributed by atoms with Crippen LogP contribution in [0.25, 0.3) is 0 Å². The summed E-state index contributed by atoms with van der Waals surface area (Å²) in [6, 6.07) is 8.75. The summed E-state index contributed by atoms with van der Waals surface area (Å²) >= 11 is 0. The minimum absolute atomic E-state index is 0.217. The summed E-state index contributed by atoms with van der Waals surface area (Å²) in [6.07, 6.45) is -4.70. The molecule has 0 aliphatic carbocycles. The molecule has 0 aromatic heterocycles. The number of halogens is 4. The number of benzene rings is 2. The fraction of sp³-hybridized carbons (Fsp3) is 0.235. The number of hydrogen-bond donors (Lipinski definition) is 1. The van der Waals surface area contributed by atoms with Crippen LogP contribution in [0, 0.1) is 5.82 Å². The molecule has 2 aromatic rings. The highest BCUT2D eigenvalue weighted by atomic mass is 19.4. The van der Waals surface area contributed by atoms with Crippen molar-refractivity contribution >= 4 is 5.91 Å². The van der Waals surface area contributed by atoms with Crippen LogP contribution in [0.15, 0.2) is 42.5 Å². The quantitative estimate of drug-likeness (QED) is 0.829. The second kappa shape index (κ2) is 7.33. The lowest BCUT2D eigenvalue weighted by Crippen LogP contribution is -2.25. The van der Waals surface area contributed by atoms with E-state index in [-0.39, 0.29) is 17.7 Å². The Morgan fingerprint density at radius 1 is 1.17 bits per heavy atom. The summed E-state index contributed by atoms with van der Waals surface area (Å²) in [7, 11) is 0. The molecule has 0 saturated heterocycles. The van der Waals surface area contributed by atoms with Crippen molar-refractivity contribution < 1.29 is 27.1 Å². The Hall–Kier alpha value is -2.57. The van der Waals surface area contributed by atoms with Crippen molar-refractivity contribution in [1.29, 1.82) is 0 Å². The van der Waals surface area contributed by atoms with E-state index in [2.05, 4.69) is 5.32 Å². The molecule has 0 bridgehead atoms. The third kappa shape index (κ3) is 4.24. The lowest BCUT2D eigenvalue weighted by atomic mass is 10.1. The first-order valence-corrected chi connectivity index (χ1v) is 7.18. The van der Waals surface area contributed by atoms with E-state index in [1.807, 2.05) is 0 Å². The van der Waals surface area contributed by atoms with Gasteiger partial charge in [0, 0.05) is 6.54 Å². The molecule has 0 aliphatic heterocycles. The van der Waals surface area contributed by atoms with Crippen molar-refractivity contribution in [2.24, 2.45) is 0 Å². The summed E-state index contributed by atoms with van der Waals surface area (Å²) in [6.45, 7) is 1.72. The van der Waals surface area contributed by atoms with E-state index >= 15 is 0 Å². The van der Waals surface area contributed by atoms with Crippen LogP contribution in [0.2, 0.25) is 0 Å². The number of rotatable bonds is 5. The van der Waals surface area contributed by atoms with Gasteiger partial charge < -0.3 is 10.1 Å². The van der Waals surface area contributed by atoms with Gasteiger partial charge in [-0.3, -0.25) is 4.79 Å². The number of amides is 1. The fourth-order valence-corrected chi connectivity index (χ4v) is 2.17. The number of para-hydroxylation sites is 1. The van der Waals surface area contributed by atoms with E-state index < -0.39 is 23.5 Å². The molecule has 128 valence electrons. The van der Waals surface area contributed by atoms with Gasteiger partial charge in [-0.25, -0.2) is 4.39 Å². The smallest absolute Gasteiger partial charge is 0.416 e. The van der Waals surface area contributed by atoms with Gasteiger partial charge in [0.1, 0.15) is 11.6 Å². The predicted octanol–water partition coefficient (Wildman–Crippen LogP) is 4.17. The molecule has 0 fully saturated rings. The van der Waals surface area contributed by atoms with Crippen LogP contribution in [0.4, 0.5) is 17.6 Å². The maximum Gasteiger partial charge on any atom is 0.416 e. The molecule has 2 rings (SSSR count). The van der Waals surface area contributed by atoms with E-state index in [1.54, 1.807) is 25.1 Å². The summed E-state index contributed by atoms with van der Waals surface area (Å²) in [5, 5.41) is 2.40. The summed E-state index contributed by atoms with van der Waals surface area (Å²) in [5.74, 6) is -1.22. The number of carbonyl (C=O) groups excluding carboxylic acids is 1. The first kappa shape index (κ1) is 17.8. The maximum absolute atomic E-state index is 13.1. The number of ether oxygens (including phenoxy) is 1. The molecule has 0 atom stereocenters. The third-order valence-corrected chi connectivity index (χ3v) is 3.25. The minimum atomic E-state index is -4.70. The van der Waals surface area contributed by atoms with Crippen molar-refractivity contribution in [2.75, 3.05) is 6.61 Å². The number of carbonyl (C=O) groups is 1. The molecule has 2 aromatic carbocycles. The van der Waals surface area contributed by atoms with Gasteiger partial charge in [0.15, 0.2) is 0 Å². The molecule has 7 heteroatoms. The van der Waals surface area contributed by atoms with Gasteiger partial charge in [-0.2, -0.15) is 13.2 Å². The monoisotopic (exact) mass is 341 g/mol. The highest BCUT2D eigenvalue weighted by Gasteiger charge is 2.33. The SMILES string of the molecule is CCOc1ccccc1C(=O)NCc1ccc(F)cc1C(F)(F)F. The molecule has 0 spiro atoms. The highest BCUT2D eigenvalue weighted by Crippen LogP contribution is 2.32. The minimum Gasteiger partial charge on any atom is -0.493 e. The van der Waals surface area contributed by atoms with E-state index in [9.17, 15) is 22.4 Å². The molecule has 3 nitrogen and oxygen atoms in total. The topological polar surface area (TPSA) is 38.3 Å². The number of nitrogens with one attached hydrogen (secondary N) is 1. The third-order valence-electron chi connectivity index (χ3n) is 3.25. The van der Waals surface area contributed by atoms with Gasteiger partial charge in [-0.05, 0) is 36.8 Å². The standard InChI is InChI=1S/C17H15F4NO2/c1-2-24-15-6-4-3-5-13(15)16(23)22-10-11-7-8-12(18)9-14(11)17(19,20)21/h3-9H,2,10H2,1H3,(H,22,23). The Morgan fingerprint density at radius 3 is 2.54 bits per heavy atom. The van der Waals surface area contributed by atoms with Crippen LogP contribution in [0.5, 0.6) is 5.75 Å². The Morgan fingerprint density at radius 2 is 1.88 bits per heavy atom. The Labute approximate surface area is 136 Å².